The molecule has 1 amide bonds. The van der Waals surface area contributed by atoms with E-state index in [2.05, 4.69) is 27.4 Å². The van der Waals surface area contributed by atoms with Crippen molar-refractivity contribution in [3.63, 3.8) is 0 Å². The van der Waals surface area contributed by atoms with E-state index >= 15 is 0 Å². The van der Waals surface area contributed by atoms with E-state index in [4.69, 9.17) is 0 Å². The van der Waals surface area contributed by atoms with Crippen LogP contribution in [-0.2, 0) is 11.3 Å². The molecule has 0 bridgehead atoms. The van der Waals surface area contributed by atoms with Gasteiger partial charge in [-0.15, -0.1) is 11.7 Å². The first kappa shape index (κ1) is 15.2. The summed E-state index contributed by atoms with van der Waals surface area (Å²) in [6.07, 6.45) is 1.70. The van der Waals surface area contributed by atoms with Crippen LogP contribution in [0.2, 0.25) is 0 Å². The highest BCUT2D eigenvalue weighted by Crippen LogP contribution is 2.23. The van der Waals surface area contributed by atoms with Crippen molar-refractivity contribution < 1.29 is 4.79 Å². The highest BCUT2D eigenvalue weighted by molar-refractivity contribution is 7.99. The molecule has 23 heavy (non-hydrogen) atoms. The van der Waals surface area contributed by atoms with Crippen LogP contribution in [0, 0.1) is 0 Å². The van der Waals surface area contributed by atoms with Gasteiger partial charge in [-0.1, -0.05) is 54.2 Å². The standard InChI is InChI=1S/C16H15N5OS/c1-2-10-21-16(18-19-20-21)23-11-15(22)17-14-9-5-7-12-6-3-4-8-13(12)14/h2-9H,1,10-11H2,(H,17,22). The Kier molecular flexibility index (Phi) is 4.68. The average molecular weight is 325 g/mol. The SMILES string of the molecule is C=CCn1nnnc1SCC(=O)Nc1cccc2ccccc12. The first-order valence-electron chi connectivity index (χ1n) is 7.05. The molecule has 0 aliphatic rings. The van der Waals surface area contributed by atoms with Crippen molar-refractivity contribution in [2.75, 3.05) is 11.1 Å². The van der Waals surface area contributed by atoms with E-state index in [0.29, 0.717) is 11.7 Å². The molecule has 2 aromatic carbocycles. The number of amides is 1. The minimum absolute atomic E-state index is 0.0977. The number of fused-ring (bicyclic) bond motifs is 1. The Labute approximate surface area is 137 Å². The summed E-state index contributed by atoms with van der Waals surface area (Å²) in [5.74, 6) is 0.139. The minimum atomic E-state index is -0.0977. The van der Waals surface area contributed by atoms with Crippen molar-refractivity contribution in [2.45, 2.75) is 11.7 Å². The van der Waals surface area contributed by atoms with Crippen LogP contribution < -0.4 is 5.32 Å². The number of benzene rings is 2. The van der Waals surface area contributed by atoms with Crippen LogP contribution in [0.5, 0.6) is 0 Å². The summed E-state index contributed by atoms with van der Waals surface area (Å²) in [4.78, 5) is 12.2. The molecule has 0 saturated carbocycles. The molecule has 0 unspecified atom stereocenters. The Morgan fingerprint density at radius 1 is 1.26 bits per heavy atom. The number of carbonyl (C=O) groups is 1. The fraction of sp³-hybridized carbons (Fsp3) is 0.125. The number of thioether (sulfide) groups is 1. The molecule has 3 rings (SSSR count). The lowest BCUT2D eigenvalue weighted by Crippen LogP contribution is -2.15. The third kappa shape index (κ3) is 3.57. The third-order valence-corrected chi connectivity index (χ3v) is 4.15. The number of hydrogen-bond acceptors (Lipinski definition) is 5. The second-order valence-electron chi connectivity index (χ2n) is 4.80. The van der Waals surface area contributed by atoms with Gasteiger partial charge in [0.1, 0.15) is 0 Å². The fourth-order valence-electron chi connectivity index (χ4n) is 2.19. The molecule has 7 heteroatoms. The highest BCUT2D eigenvalue weighted by atomic mass is 32.2. The van der Waals surface area contributed by atoms with E-state index in [1.165, 1.54) is 11.8 Å². The van der Waals surface area contributed by atoms with E-state index in [1.807, 2.05) is 42.5 Å². The molecule has 1 N–H and O–H groups in total. The van der Waals surface area contributed by atoms with Crippen LogP contribution in [0.1, 0.15) is 0 Å². The number of carbonyl (C=O) groups excluding carboxylic acids is 1. The largest absolute Gasteiger partial charge is 0.325 e. The van der Waals surface area contributed by atoms with Crippen molar-refractivity contribution >= 4 is 34.1 Å². The Morgan fingerprint density at radius 3 is 2.96 bits per heavy atom. The van der Waals surface area contributed by atoms with Gasteiger partial charge in [-0.3, -0.25) is 4.79 Å². The lowest BCUT2D eigenvalue weighted by atomic mass is 10.1. The summed E-state index contributed by atoms with van der Waals surface area (Å²) in [5.41, 5.74) is 0.805. The van der Waals surface area contributed by atoms with Crippen molar-refractivity contribution in [3.8, 4) is 0 Å². The van der Waals surface area contributed by atoms with Gasteiger partial charge in [-0.25, -0.2) is 4.68 Å². The predicted octanol–water partition coefficient (Wildman–Crippen LogP) is 2.74. The van der Waals surface area contributed by atoms with Crippen molar-refractivity contribution in [2.24, 2.45) is 0 Å². The van der Waals surface area contributed by atoms with Crippen LogP contribution in [0.25, 0.3) is 10.8 Å². The molecule has 6 nitrogen and oxygen atoms in total. The van der Waals surface area contributed by atoms with Crippen LogP contribution in [0.3, 0.4) is 0 Å². The summed E-state index contributed by atoms with van der Waals surface area (Å²) in [6, 6.07) is 13.8. The molecule has 0 saturated heterocycles. The van der Waals surface area contributed by atoms with Crippen molar-refractivity contribution in [1.82, 2.24) is 20.2 Å². The molecule has 0 fully saturated rings. The van der Waals surface area contributed by atoms with E-state index in [9.17, 15) is 4.79 Å². The first-order valence-corrected chi connectivity index (χ1v) is 8.04. The zero-order valence-corrected chi connectivity index (χ0v) is 13.2. The molecule has 3 aromatic rings. The normalized spacial score (nSPS) is 10.6. The topological polar surface area (TPSA) is 72.7 Å². The van der Waals surface area contributed by atoms with Gasteiger partial charge in [0.25, 0.3) is 0 Å². The molecule has 0 aliphatic heterocycles. The van der Waals surface area contributed by atoms with Gasteiger partial charge in [-0.2, -0.15) is 0 Å². The molecule has 116 valence electrons. The summed E-state index contributed by atoms with van der Waals surface area (Å²) in [6.45, 7) is 4.17. The van der Waals surface area contributed by atoms with Gasteiger partial charge < -0.3 is 5.32 Å². The molecule has 0 radical (unpaired) electrons. The average Bonchev–Trinajstić information content (AvgIpc) is 3.01. The smallest absolute Gasteiger partial charge is 0.234 e. The van der Waals surface area contributed by atoms with E-state index < -0.39 is 0 Å². The second-order valence-corrected chi connectivity index (χ2v) is 5.74. The summed E-state index contributed by atoms with van der Waals surface area (Å²) in [5, 5.41) is 17.0. The number of hydrogen-bond donors (Lipinski definition) is 1. The van der Waals surface area contributed by atoms with E-state index in [-0.39, 0.29) is 11.7 Å². The van der Waals surface area contributed by atoms with E-state index in [1.54, 1.807) is 10.8 Å². The molecule has 0 aliphatic carbocycles. The van der Waals surface area contributed by atoms with Gasteiger partial charge in [0.2, 0.25) is 11.1 Å². The summed E-state index contributed by atoms with van der Waals surface area (Å²) < 4.78 is 1.60. The molecular weight excluding hydrogens is 310 g/mol. The number of nitrogens with zero attached hydrogens (tertiary/aromatic N) is 4. The number of nitrogens with one attached hydrogen (secondary N) is 1. The highest BCUT2D eigenvalue weighted by Gasteiger charge is 2.10. The zero-order valence-electron chi connectivity index (χ0n) is 12.3. The fourth-order valence-corrected chi connectivity index (χ4v) is 2.87. The van der Waals surface area contributed by atoms with Gasteiger partial charge in [0.15, 0.2) is 0 Å². The lowest BCUT2D eigenvalue weighted by Gasteiger charge is -2.08. The lowest BCUT2D eigenvalue weighted by molar-refractivity contribution is -0.113. The molecule has 1 aromatic heterocycles. The summed E-state index contributed by atoms with van der Waals surface area (Å²) >= 11 is 1.29. The van der Waals surface area contributed by atoms with Crippen LogP contribution in [0.4, 0.5) is 5.69 Å². The maximum absolute atomic E-state index is 12.2. The monoisotopic (exact) mass is 325 g/mol. The molecule has 1 heterocycles. The number of anilines is 1. The van der Waals surface area contributed by atoms with Gasteiger partial charge in [0, 0.05) is 11.1 Å². The number of rotatable bonds is 6. The van der Waals surface area contributed by atoms with Crippen molar-refractivity contribution in [1.29, 1.82) is 0 Å². The Bertz CT molecular complexity index is 840. The van der Waals surface area contributed by atoms with Gasteiger partial charge >= 0.3 is 0 Å². The van der Waals surface area contributed by atoms with Gasteiger partial charge in [0.05, 0.1) is 12.3 Å². The van der Waals surface area contributed by atoms with Crippen LogP contribution >= 0.6 is 11.8 Å². The summed E-state index contributed by atoms with van der Waals surface area (Å²) in [7, 11) is 0. The number of allylic oxidation sites excluding steroid dienone is 1. The number of tetrazole rings is 1. The Morgan fingerprint density at radius 2 is 2.09 bits per heavy atom. The quantitative estimate of drug-likeness (QED) is 0.557. The first-order chi connectivity index (χ1) is 11.3. The van der Waals surface area contributed by atoms with Crippen molar-refractivity contribution in [3.05, 3.63) is 55.1 Å². The Balaban J connectivity index is 1.67. The maximum atomic E-state index is 12.2. The second kappa shape index (κ2) is 7.06. The van der Waals surface area contributed by atoms with Crippen LogP contribution in [-0.4, -0.2) is 31.9 Å². The van der Waals surface area contributed by atoms with Gasteiger partial charge in [-0.05, 0) is 21.9 Å². The predicted molar refractivity (Wildman–Crippen MR) is 91.3 cm³/mol. The molecule has 0 spiro atoms. The minimum Gasteiger partial charge on any atom is -0.325 e. The molecule has 0 atom stereocenters. The number of aromatic nitrogens is 4. The zero-order chi connectivity index (χ0) is 16.1. The van der Waals surface area contributed by atoms with Crippen LogP contribution in [0.15, 0.2) is 60.3 Å². The Hall–Kier alpha value is -2.67. The third-order valence-electron chi connectivity index (χ3n) is 3.20. The molecular formula is C16H15N5OS. The maximum Gasteiger partial charge on any atom is 0.234 e. The van der Waals surface area contributed by atoms with E-state index in [0.717, 1.165) is 16.5 Å².